The lowest BCUT2D eigenvalue weighted by molar-refractivity contribution is -0.139. The molecule has 2 aliphatic rings. The Labute approximate surface area is 200 Å². The van der Waals surface area contributed by atoms with E-state index in [0.29, 0.717) is 56.3 Å². The molecule has 0 aliphatic carbocycles. The first-order chi connectivity index (χ1) is 16.4. The number of hydrogen-bond acceptors (Lipinski definition) is 6. The predicted octanol–water partition coefficient (Wildman–Crippen LogP) is 1.95. The van der Waals surface area contributed by atoms with Gasteiger partial charge in [0.25, 0.3) is 0 Å². The molecule has 3 rings (SSSR count). The lowest BCUT2D eigenvalue weighted by Gasteiger charge is -2.39. The van der Waals surface area contributed by atoms with Crippen molar-refractivity contribution in [3.05, 3.63) is 41.1 Å². The van der Waals surface area contributed by atoms with Crippen molar-refractivity contribution in [1.29, 1.82) is 0 Å². The first-order valence-corrected chi connectivity index (χ1v) is 11.7. The Hall–Kier alpha value is -3.27. The molecule has 186 valence electrons. The van der Waals surface area contributed by atoms with Crippen molar-refractivity contribution in [3.63, 3.8) is 0 Å². The molecule has 1 atom stereocenters. The van der Waals surface area contributed by atoms with Crippen LogP contribution in [0.2, 0.25) is 0 Å². The average molecular weight is 474 g/mol. The van der Waals surface area contributed by atoms with Gasteiger partial charge in [-0.25, -0.2) is 14.4 Å². The number of nitrogens with one attached hydrogen (secondary N) is 2. The van der Waals surface area contributed by atoms with Crippen LogP contribution in [0.15, 0.2) is 35.5 Å². The predicted molar refractivity (Wildman–Crippen MR) is 127 cm³/mol. The van der Waals surface area contributed by atoms with Crippen LogP contribution in [0.1, 0.15) is 31.9 Å². The van der Waals surface area contributed by atoms with Crippen LogP contribution in [0.3, 0.4) is 0 Å². The van der Waals surface area contributed by atoms with Crippen molar-refractivity contribution in [1.82, 2.24) is 25.3 Å². The number of hydrogen-bond donors (Lipinski definition) is 2. The van der Waals surface area contributed by atoms with E-state index >= 15 is 0 Å². The third kappa shape index (κ3) is 5.80. The van der Waals surface area contributed by atoms with E-state index in [1.807, 2.05) is 19.1 Å². The van der Waals surface area contributed by atoms with Crippen LogP contribution in [0.5, 0.6) is 5.75 Å². The first-order valence-electron chi connectivity index (χ1n) is 11.7. The maximum atomic E-state index is 13.1. The molecule has 2 aliphatic heterocycles. The Kier molecular flexibility index (Phi) is 8.75. The van der Waals surface area contributed by atoms with E-state index in [1.165, 1.54) is 4.90 Å². The average Bonchev–Trinajstić information content (AvgIpc) is 2.85. The normalized spacial score (nSPS) is 19.1. The zero-order valence-electron chi connectivity index (χ0n) is 20.4. The second kappa shape index (κ2) is 11.7. The molecule has 0 aromatic heterocycles. The molecule has 0 radical (unpaired) electrons. The molecule has 1 fully saturated rings. The van der Waals surface area contributed by atoms with Crippen molar-refractivity contribution in [2.24, 2.45) is 0 Å². The minimum atomic E-state index is -0.634. The maximum absolute atomic E-state index is 13.1. The molecule has 2 heterocycles. The molecular weight excluding hydrogens is 438 g/mol. The van der Waals surface area contributed by atoms with Crippen molar-refractivity contribution in [3.8, 4) is 5.75 Å². The Balaban J connectivity index is 1.85. The highest BCUT2D eigenvalue weighted by Crippen LogP contribution is 2.32. The van der Waals surface area contributed by atoms with Gasteiger partial charge in [-0.05, 0) is 31.0 Å². The number of carbonyl (C=O) groups excluding carboxylic acids is 3. The first kappa shape index (κ1) is 25.4. The number of nitrogens with zero attached hydrogens (tertiary/aromatic N) is 3. The topological polar surface area (TPSA) is 103 Å². The van der Waals surface area contributed by atoms with E-state index in [-0.39, 0.29) is 18.7 Å². The number of piperazine rings is 1. The Morgan fingerprint density at radius 2 is 1.79 bits per heavy atom. The van der Waals surface area contributed by atoms with Gasteiger partial charge in [-0.1, -0.05) is 19.1 Å². The number of ether oxygens (including phenoxy) is 2. The Bertz CT molecular complexity index is 909. The van der Waals surface area contributed by atoms with Crippen LogP contribution in [0.4, 0.5) is 9.59 Å². The van der Waals surface area contributed by atoms with Crippen LogP contribution in [0, 0.1) is 0 Å². The standard InChI is InChI=1S/C24H35N5O5/c1-5-11-25-23(31)29-14-12-28(13-15-29)16-19-20(22(30)34-6-2)21(26-24(32)27(19)3)17-7-9-18(33-4)10-8-17/h7-10,21H,5-6,11-16H2,1-4H3,(H,25,31)(H,26,32)/t21-/m1/s1. The summed E-state index contributed by atoms with van der Waals surface area (Å²) in [4.78, 5) is 43.6. The van der Waals surface area contributed by atoms with Crippen LogP contribution in [-0.2, 0) is 9.53 Å². The zero-order valence-corrected chi connectivity index (χ0v) is 20.4. The van der Waals surface area contributed by atoms with Gasteiger partial charge in [-0.3, -0.25) is 9.80 Å². The summed E-state index contributed by atoms with van der Waals surface area (Å²) in [6.07, 6.45) is 0.889. The van der Waals surface area contributed by atoms with Gasteiger partial charge in [0, 0.05) is 52.0 Å². The number of benzene rings is 1. The summed E-state index contributed by atoms with van der Waals surface area (Å²) in [5.74, 6) is 0.230. The van der Waals surface area contributed by atoms with Crippen molar-refractivity contribution < 1.29 is 23.9 Å². The van der Waals surface area contributed by atoms with Gasteiger partial charge in [0.1, 0.15) is 5.75 Å². The van der Waals surface area contributed by atoms with Gasteiger partial charge in [-0.2, -0.15) is 0 Å². The number of methoxy groups -OCH3 is 1. The summed E-state index contributed by atoms with van der Waals surface area (Å²) in [6.45, 7) is 7.50. The smallest absolute Gasteiger partial charge is 0.338 e. The van der Waals surface area contributed by atoms with Gasteiger partial charge in [-0.15, -0.1) is 0 Å². The molecule has 34 heavy (non-hydrogen) atoms. The molecule has 4 amide bonds. The minimum Gasteiger partial charge on any atom is -0.497 e. The summed E-state index contributed by atoms with van der Waals surface area (Å²) in [6, 6.07) is 6.28. The highest BCUT2D eigenvalue weighted by atomic mass is 16.5. The molecule has 0 saturated carbocycles. The van der Waals surface area contributed by atoms with Crippen LogP contribution >= 0.6 is 0 Å². The number of amides is 4. The summed E-state index contributed by atoms with van der Waals surface area (Å²) < 4.78 is 10.6. The van der Waals surface area contributed by atoms with Gasteiger partial charge in [0.15, 0.2) is 0 Å². The summed E-state index contributed by atoms with van der Waals surface area (Å²) in [5.41, 5.74) is 1.78. The number of carbonyl (C=O) groups is 3. The van der Waals surface area contributed by atoms with Gasteiger partial charge < -0.3 is 25.0 Å². The molecular formula is C24H35N5O5. The van der Waals surface area contributed by atoms with Gasteiger partial charge in [0.2, 0.25) is 0 Å². The second-order valence-electron chi connectivity index (χ2n) is 8.29. The zero-order chi connectivity index (χ0) is 24.7. The van der Waals surface area contributed by atoms with E-state index in [1.54, 1.807) is 38.1 Å². The fourth-order valence-corrected chi connectivity index (χ4v) is 4.11. The lowest BCUT2D eigenvalue weighted by Crippen LogP contribution is -2.54. The quantitative estimate of drug-likeness (QED) is 0.560. The molecule has 10 nitrogen and oxygen atoms in total. The Morgan fingerprint density at radius 3 is 2.38 bits per heavy atom. The third-order valence-electron chi connectivity index (χ3n) is 6.08. The lowest BCUT2D eigenvalue weighted by atomic mass is 9.94. The highest BCUT2D eigenvalue weighted by Gasteiger charge is 2.37. The van der Waals surface area contributed by atoms with Gasteiger partial charge in [0.05, 0.1) is 25.3 Å². The third-order valence-corrected chi connectivity index (χ3v) is 6.08. The monoisotopic (exact) mass is 473 g/mol. The molecule has 0 unspecified atom stereocenters. The Morgan fingerprint density at radius 1 is 1.12 bits per heavy atom. The van der Waals surface area contributed by atoms with Crippen LogP contribution in [0.25, 0.3) is 0 Å². The van der Waals surface area contributed by atoms with Crippen LogP contribution in [-0.4, -0.2) is 92.8 Å². The second-order valence-corrected chi connectivity index (χ2v) is 8.29. The molecule has 1 aromatic rings. The fraction of sp³-hybridized carbons (Fsp3) is 0.542. The maximum Gasteiger partial charge on any atom is 0.338 e. The number of rotatable bonds is 8. The molecule has 10 heteroatoms. The van der Waals surface area contributed by atoms with E-state index < -0.39 is 12.0 Å². The summed E-state index contributed by atoms with van der Waals surface area (Å²) in [5, 5.41) is 5.83. The fourth-order valence-electron chi connectivity index (χ4n) is 4.11. The number of esters is 1. The molecule has 1 aromatic carbocycles. The molecule has 2 N–H and O–H groups in total. The largest absolute Gasteiger partial charge is 0.497 e. The number of likely N-dealkylation sites (N-methyl/N-ethyl adjacent to an activating group) is 1. The molecule has 1 saturated heterocycles. The number of urea groups is 2. The molecule has 0 bridgehead atoms. The van der Waals surface area contributed by atoms with Gasteiger partial charge >= 0.3 is 18.0 Å². The van der Waals surface area contributed by atoms with Crippen molar-refractivity contribution in [2.75, 3.05) is 60.0 Å². The molecule has 0 spiro atoms. The van der Waals surface area contributed by atoms with E-state index in [0.717, 1.165) is 12.0 Å². The minimum absolute atomic E-state index is 0.0540. The summed E-state index contributed by atoms with van der Waals surface area (Å²) in [7, 11) is 3.24. The van der Waals surface area contributed by atoms with Crippen LogP contribution < -0.4 is 15.4 Å². The van der Waals surface area contributed by atoms with E-state index in [2.05, 4.69) is 15.5 Å². The highest BCUT2D eigenvalue weighted by molar-refractivity contribution is 5.95. The van der Waals surface area contributed by atoms with E-state index in [4.69, 9.17) is 9.47 Å². The SMILES string of the molecule is CCCNC(=O)N1CCN(CC2=C(C(=O)OCC)[C@@H](c3ccc(OC)cc3)NC(=O)N2C)CC1. The van der Waals surface area contributed by atoms with Crippen molar-refractivity contribution >= 4 is 18.0 Å². The van der Waals surface area contributed by atoms with Crippen molar-refractivity contribution in [2.45, 2.75) is 26.3 Å². The van der Waals surface area contributed by atoms with E-state index in [9.17, 15) is 14.4 Å². The summed E-state index contributed by atoms with van der Waals surface area (Å²) >= 11 is 0.